The van der Waals surface area contributed by atoms with Crippen LogP contribution in [0.2, 0.25) is 0 Å². The zero-order valence-corrected chi connectivity index (χ0v) is 14.3. The lowest BCUT2D eigenvalue weighted by atomic mass is 10.1. The van der Waals surface area contributed by atoms with Gasteiger partial charge in [0.2, 0.25) is 0 Å². The monoisotopic (exact) mass is 335 g/mol. The van der Waals surface area contributed by atoms with Gasteiger partial charge in [-0.3, -0.25) is 4.79 Å². The zero-order valence-electron chi connectivity index (χ0n) is 14.3. The number of amides is 1. The minimum absolute atomic E-state index is 0.0165. The number of hydrogen-bond donors (Lipinski definition) is 1. The van der Waals surface area contributed by atoms with Gasteiger partial charge in [-0.1, -0.05) is 18.2 Å². The number of carbonyl (C=O) groups excluding carboxylic acids is 1. The van der Waals surface area contributed by atoms with E-state index in [1.54, 1.807) is 6.07 Å². The summed E-state index contributed by atoms with van der Waals surface area (Å²) in [4.78, 5) is 14.5. The molecular weight excluding hydrogens is 314 g/mol. The van der Waals surface area contributed by atoms with Crippen LogP contribution in [0.15, 0.2) is 46.4 Å². The summed E-state index contributed by atoms with van der Waals surface area (Å²) in [6.45, 7) is 3.87. The Morgan fingerprint density at radius 3 is 2.68 bits per heavy atom. The van der Waals surface area contributed by atoms with Gasteiger partial charge in [-0.2, -0.15) is 5.26 Å². The molecule has 0 unspecified atom stereocenters. The van der Waals surface area contributed by atoms with Gasteiger partial charge in [0, 0.05) is 30.9 Å². The van der Waals surface area contributed by atoms with Crippen molar-refractivity contribution in [2.24, 2.45) is 0 Å². The second-order valence-electron chi connectivity index (χ2n) is 6.16. The number of furan rings is 1. The lowest BCUT2D eigenvalue weighted by molar-refractivity contribution is -0.112. The molecule has 2 aromatic rings. The average molecular weight is 335 g/mol. The van der Waals surface area contributed by atoms with Gasteiger partial charge in [0.05, 0.1) is 0 Å². The summed E-state index contributed by atoms with van der Waals surface area (Å²) in [5, 5.41) is 12.1. The Labute approximate surface area is 147 Å². The van der Waals surface area contributed by atoms with Crippen LogP contribution in [0.1, 0.15) is 30.6 Å². The van der Waals surface area contributed by atoms with Crippen LogP contribution in [0.5, 0.6) is 0 Å². The molecule has 0 bridgehead atoms. The highest BCUT2D eigenvalue weighted by molar-refractivity contribution is 6.09. The molecule has 0 aliphatic carbocycles. The normalized spacial score (nSPS) is 14.9. The number of piperidine rings is 1. The quantitative estimate of drug-likeness (QED) is 0.674. The number of para-hydroxylation sites is 1. The van der Waals surface area contributed by atoms with Gasteiger partial charge < -0.3 is 14.6 Å². The molecule has 1 saturated heterocycles. The van der Waals surface area contributed by atoms with E-state index in [0.29, 0.717) is 11.4 Å². The first-order valence-electron chi connectivity index (χ1n) is 8.51. The first kappa shape index (κ1) is 16.8. The molecule has 0 saturated carbocycles. The lowest BCUT2D eigenvalue weighted by Crippen LogP contribution is -2.28. The Balaban J connectivity index is 1.74. The number of benzene rings is 1. The summed E-state index contributed by atoms with van der Waals surface area (Å²) < 4.78 is 5.80. The number of nitriles is 1. The summed E-state index contributed by atoms with van der Waals surface area (Å²) in [5.74, 6) is 0.868. The second-order valence-corrected chi connectivity index (χ2v) is 6.16. The van der Waals surface area contributed by atoms with Crippen molar-refractivity contribution < 1.29 is 9.21 Å². The van der Waals surface area contributed by atoms with E-state index >= 15 is 0 Å². The fourth-order valence-corrected chi connectivity index (χ4v) is 2.90. The van der Waals surface area contributed by atoms with E-state index in [1.165, 1.54) is 12.5 Å². The molecule has 5 nitrogen and oxygen atoms in total. The standard InChI is InChI=1S/C20H21N3O2/c1-15-7-3-4-8-18(15)22-20(24)16(14-21)13-17-9-10-19(25-17)23-11-5-2-6-12-23/h3-4,7-10,13H,2,5-6,11-12H2,1H3,(H,22,24)/b16-13-. The molecule has 1 aliphatic heterocycles. The maximum Gasteiger partial charge on any atom is 0.266 e. The van der Waals surface area contributed by atoms with E-state index < -0.39 is 5.91 Å². The van der Waals surface area contributed by atoms with E-state index in [4.69, 9.17) is 4.42 Å². The minimum atomic E-state index is -0.437. The molecule has 1 N–H and O–H groups in total. The number of aryl methyl sites for hydroxylation is 1. The Hall–Kier alpha value is -3.00. The number of rotatable bonds is 4. The zero-order chi connectivity index (χ0) is 17.6. The lowest BCUT2D eigenvalue weighted by Gasteiger charge is -2.25. The summed E-state index contributed by atoms with van der Waals surface area (Å²) >= 11 is 0. The SMILES string of the molecule is Cc1ccccc1NC(=O)/C(C#N)=C\c1ccc(N2CCCCC2)o1. The molecule has 0 spiro atoms. The van der Waals surface area contributed by atoms with Crippen LogP contribution < -0.4 is 10.2 Å². The van der Waals surface area contributed by atoms with E-state index in [9.17, 15) is 10.1 Å². The van der Waals surface area contributed by atoms with Crippen LogP contribution in [-0.2, 0) is 4.79 Å². The molecular formula is C20H21N3O2. The average Bonchev–Trinajstić information content (AvgIpc) is 3.11. The van der Waals surface area contributed by atoms with Crippen LogP contribution in [-0.4, -0.2) is 19.0 Å². The Kier molecular flexibility index (Phi) is 5.20. The summed E-state index contributed by atoms with van der Waals surface area (Å²) in [6.07, 6.45) is 5.06. The van der Waals surface area contributed by atoms with Crippen molar-refractivity contribution in [2.45, 2.75) is 26.2 Å². The highest BCUT2D eigenvalue weighted by Gasteiger charge is 2.15. The van der Waals surface area contributed by atoms with Gasteiger partial charge in [-0.05, 0) is 43.9 Å². The predicted octanol–water partition coefficient (Wildman–Crippen LogP) is 4.12. The van der Waals surface area contributed by atoms with Crippen molar-refractivity contribution in [3.8, 4) is 6.07 Å². The third-order valence-corrected chi connectivity index (χ3v) is 4.33. The van der Waals surface area contributed by atoms with Crippen LogP contribution >= 0.6 is 0 Å². The predicted molar refractivity (Wildman–Crippen MR) is 98.2 cm³/mol. The minimum Gasteiger partial charge on any atom is -0.441 e. The molecule has 1 aromatic carbocycles. The molecule has 1 fully saturated rings. The van der Waals surface area contributed by atoms with E-state index in [-0.39, 0.29) is 5.57 Å². The van der Waals surface area contributed by atoms with Gasteiger partial charge in [-0.15, -0.1) is 0 Å². The molecule has 2 heterocycles. The first-order valence-corrected chi connectivity index (χ1v) is 8.51. The van der Waals surface area contributed by atoms with E-state index in [0.717, 1.165) is 37.4 Å². The maximum absolute atomic E-state index is 12.4. The molecule has 0 radical (unpaired) electrons. The molecule has 0 atom stereocenters. The molecule has 1 aliphatic rings. The van der Waals surface area contributed by atoms with Crippen LogP contribution in [0.3, 0.4) is 0 Å². The molecule has 5 heteroatoms. The van der Waals surface area contributed by atoms with Crippen molar-refractivity contribution >= 4 is 23.6 Å². The van der Waals surface area contributed by atoms with Gasteiger partial charge in [-0.25, -0.2) is 0 Å². The molecule has 1 aromatic heterocycles. The highest BCUT2D eigenvalue weighted by Crippen LogP contribution is 2.24. The number of hydrogen-bond acceptors (Lipinski definition) is 4. The van der Waals surface area contributed by atoms with Crippen molar-refractivity contribution in [3.05, 3.63) is 53.3 Å². The Morgan fingerprint density at radius 1 is 1.20 bits per heavy atom. The van der Waals surface area contributed by atoms with Crippen molar-refractivity contribution in [1.29, 1.82) is 5.26 Å². The number of carbonyl (C=O) groups is 1. The van der Waals surface area contributed by atoms with Crippen molar-refractivity contribution in [1.82, 2.24) is 0 Å². The largest absolute Gasteiger partial charge is 0.441 e. The van der Waals surface area contributed by atoms with E-state index in [2.05, 4.69) is 10.2 Å². The number of anilines is 2. The second kappa shape index (κ2) is 7.71. The highest BCUT2D eigenvalue weighted by atomic mass is 16.4. The summed E-state index contributed by atoms with van der Waals surface area (Å²) in [7, 11) is 0. The molecule has 3 rings (SSSR count). The van der Waals surface area contributed by atoms with Crippen molar-refractivity contribution in [2.75, 3.05) is 23.3 Å². The van der Waals surface area contributed by atoms with Crippen LogP contribution in [0.25, 0.3) is 6.08 Å². The Bertz CT molecular complexity index is 823. The molecule has 25 heavy (non-hydrogen) atoms. The third kappa shape index (κ3) is 4.10. The summed E-state index contributed by atoms with van der Waals surface area (Å²) in [5.41, 5.74) is 1.66. The van der Waals surface area contributed by atoms with Crippen molar-refractivity contribution in [3.63, 3.8) is 0 Å². The maximum atomic E-state index is 12.4. The fourth-order valence-electron chi connectivity index (χ4n) is 2.90. The topological polar surface area (TPSA) is 69.3 Å². The van der Waals surface area contributed by atoms with E-state index in [1.807, 2.05) is 43.3 Å². The number of nitrogens with zero attached hydrogens (tertiary/aromatic N) is 2. The smallest absolute Gasteiger partial charge is 0.266 e. The van der Waals surface area contributed by atoms with Crippen LogP contribution in [0.4, 0.5) is 11.6 Å². The summed E-state index contributed by atoms with van der Waals surface area (Å²) in [6, 6.07) is 13.1. The van der Waals surface area contributed by atoms with Gasteiger partial charge in [0.15, 0.2) is 5.88 Å². The van der Waals surface area contributed by atoms with Gasteiger partial charge >= 0.3 is 0 Å². The van der Waals surface area contributed by atoms with Gasteiger partial charge in [0.25, 0.3) is 5.91 Å². The molecule has 1 amide bonds. The fraction of sp³-hybridized carbons (Fsp3) is 0.300. The molecule has 128 valence electrons. The first-order chi connectivity index (χ1) is 12.2. The van der Waals surface area contributed by atoms with Crippen LogP contribution in [0, 0.1) is 18.3 Å². The number of nitrogens with one attached hydrogen (secondary N) is 1. The van der Waals surface area contributed by atoms with Gasteiger partial charge in [0.1, 0.15) is 17.4 Å². The third-order valence-electron chi connectivity index (χ3n) is 4.33. The Morgan fingerprint density at radius 2 is 1.96 bits per heavy atom.